The van der Waals surface area contributed by atoms with E-state index in [1.54, 1.807) is 36.4 Å². The third-order valence-electron chi connectivity index (χ3n) is 2.49. The normalized spacial score (nSPS) is 9.95. The number of hydrogen-bond donors (Lipinski definition) is 3. The molecule has 2 aromatic carbocycles. The molecule has 0 fully saturated rings. The lowest BCUT2D eigenvalue weighted by Gasteiger charge is -2.08. The van der Waals surface area contributed by atoms with E-state index >= 15 is 0 Å². The molecule has 0 aromatic heterocycles. The van der Waals surface area contributed by atoms with E-state index in [9.17, 15) is 9.18 Å². The molecule has 0 unspecified atom stereocenters. The predicted octanol–water partition coefficient (Wildman–Crippen LogP) is 2.73. The van der Waals surface area contributed by atoms with Gasteiger partial charge in [0.1, 0.15) is 5.82 Å². The molecule has 2 amide bonds. The zero-order valence-corrected chi connectivity index (χ0v) is 10.2. The molecule has 0 spiro atoms. The molecule has 0 aliphatic carbocycles. The van der Waals surface area contributed by atoms with Gasteiger partial charge in [0, 0.05) is 17.9 Å². The van der Waals surface area contributed by atoms with Crippen LogP contribution in [-0.2, 0) is 6.54 Å². The van der Waals surface area contributed by atoms with E-state index in [2.05, 4.69) is 10.6 Å². The van der Waals surface area contributed by atoms with Crippen LogP contribution in [0.4, 0.5) is 20.6 Å². The number of rotatable bonds is 3. The van der Waals surface area contributed by atoms with Gasteiger partial charge in [-0.2, -0.15) is 0 Å². The summed E-state index contributed by atoms with van der Waals surface area (Å²) in [5.41, 5.74) is 7.48. The number of halogens is 1. The van der Waals surface area contributed by atoms with Gasteiger partial charge in [0.2, 0.25) is 0 Å². The van der Waals surface area contributed by atoms with E-state index in [1.807, 2.05) is 0 Å². The number of benzene rings is 2. The number of carbonyl (C=O) groups is 1. The third kappa shape index (κ3) is 3.99. The second kappa shape index (κ2) is 5.86. The number of anilines is 2. The molecule has 0 saturated heterocycles. The summed E-state index contributed by atoms with van der Waals surface area (Å²) in [6, 6.07) is 12.6. The van der Waals surface area contributed by atoms with Crippen LogP contribution in [0.25, 0.3) is 0 Å². The molecule has 5 heteroatoms. The minimum Gasteiger partial charge on any atom is -0.399 e. The first-order chi connectivity index (χ1) is 9.13. The minimum absolute atomic E-state index is 0.256. The Bertz CT molecular complexity index is 586. The number of nitrogens with two attached hydrogens (primary N) is 1. The maximum Gasteiger partial charge on any atom is 0.319 e. The van der Waals surface area contributed by atoms with Gasteiger partial charge in [-0.1, -0.05) is 18.2 Å². The smallest absolute Gasteiger partial charge is 0.319 e. The van der Waals surface area contributed by atoms with Crippen LogP contribution < -0.4 is 16.4 Å². The minimum atomic E-state index is -0.366. The van der Waals surface area contributed by atoms with Crippen molar-refractivity contribution in [3.05, 3.63) is 59.9 Å². The standard InChI is InChI=1S/C14H14FN3O/c15-11-4-1-3-10(7-11)9-17-14(19)18-13-6-2-5-12(16)8-13/h1-8H,9,16H2,(H2,17,18,19). The van der Waals surface area contributed by atoms with Crippen LogP contribution in [0.5, 0.6) is 0 Å². The summed E-state index contributed by atoms with van der Waals surface area (Å²) in [6.45, 7) is 0.256. The summed E-state index contributed by atoms with van der Waals surface area (Å²) in [6.07, 6.45) is 0. The van der Waals surface area contributed by atoms with Crippen LogP contribution in [0.1, 0.15) is 5.56 Å². The second-order valence-corrected chi connectivity index (χ2v) is 4.06. The van der Waals surface area contributed by atoms with Crippen molar-refractivity contribution in [2.24, 2.45) is 0 Å². The molecule has 0 atom stereocenters. The number of nitrogen functional groups attached to an aromatic ring is 1. The summed E-state index contributed by atoms with van der Waals surface area (Å²) in [4.78, 5) is 11.6. The number of urea groups is 1. The van der Waals surface area contributed by atoms with Crippen molar-refractivity contribution in [1.29, 1.82) is 0 Å². The number of carbonyl (C=O) groups excluding carboxylic acids is 1. The van der Waals surface area contributed by atoms with Gasteiger partial charge in [-0.25, -0.2) is 9.18 Å². The van der Waals surface area contributed by atoms with E-state index in [0.29, 0.717) is 16.9 Å². The predicted molar refractivity (Wildman–Crippen MR) is 73.1 cm³/mol. The van der Waals surface area contributed by atoms with Crippen LogP contribution >= 0.6 is 0 Å². The molecule has 0 saturated carbocycles. The average Bonchev–Trinajstić information content (AvgIpc) is 2.36. The van der Waals surface area contributed by atoms with Gasteiger partial charge in [0.15, 0.2) is 0 Å². The topological polar surface area (TPSA) is 67.1 Å². The van der Waals surface area contributed by atoms with Gasteiger partial charge in [-0.05, 0) is 35.9 Å². The quantitative estimate of drug-likeness (QED) is 0.742. The van der Waals surface area contributed by atoms with E-state index in [1.165, 1.54) is 12.1 Å². The monoisotopic (exact) mass is 259 g/mol. The molecular weight excluding hydrogens is 245 g/mol. The van der Waals surface area contributed by atoms with E-state index in [0.717, 1.165) is 0 Å². The maximum atomic E-state index is 12.9. The summed E-state index contributed by atoms with van der Waals surface area (Å²) in [5.74, 6) is -0.324. The Hall–Kier alpha value is -2.56. The van der Waals surface area contributed by atoms with Crippen molar-refractivity contribution in [3.63, 3.8) is 0 Å². The molecule has 0 radical (unpaired) electrons. The summed E-state index contributed by atoms with van der Waals surface area (Å²) >= 11 is 0. The van der Waals surface area contributed by atoms with Gasteiger partial charge in [0.05, 0.1) is 0 Å². The SMILES string of the molecule is Nc1cccc(NC(=O)NCc2cccc(F)c2)c1. The second-order valence-electron chi connectivity index (χ2n) is 4.06. The number of nitrogens with one attached hydrogen (secondary N) is 2. The van der Waals surface area contributed by atoms with Crippen LogP contribution in [0.2, 0.25) is 0 Å². The first-order valence-corrected chi connectivity index (χ1v) is 5.78. The fraction of sp³-hybridized carbons (Fsp3) is 0.0714. The molecule has 4 N–H and O–H groups in total. The van der Waals surface area contributed by atoms with E-state index in [-0.39, 0.29) is 18.4 Å². The molecule has 19 heavy (non-hydrogen) atoms. The van der Waals surface area contributed by atoms with Crippen LogP contribution in [-0.4, -0.2) is 6.03 Å². The van der Waals surface area contributed by atoms with Gasteiger partial charge in [-0.15, -0.1) is 0 Å². The van der Waals surface area contributed by atoms with Gasteiger partial charge in [-0.3, -0.25) is 0 Å². The first-order valence-electron chi connectivity index (χ1n) is 5.78. The third-order valence-corrected chi connectivity index (χ3v) is 2.49. The van der Waals surface area contributed by atoms with E-state index in [4.69, 9.17) is 5.73 Å². The lowest BCUT2D eigenvalue weighted by Crippen LogP contribution is -2.28. The van der Waals surface area contributed by atoms with Crippen LogP contribution in [0.3, 0.4) is 0 Å². The molecule has 0 aliphatic heterocycles. The molecule has 0 heterocycles. The Labute approximate surface area is 110 Å². The molecule has 0 bridgehead atoms. The largest absolute Gasteiger partial charge is 0.399 e. The van der Waals surface area contributed by atoms with Crippen molar-refractivity contribution in [2.75, 3.05) is 11.1 Å². The van der Waals surface area contributed by atoms with Crippen molar-refractivity contribution in [1.82, 2.24) is 5.32 Å². The lowest BCUT2D eigenvalue weighted by molar-refractivity contribution is 0.251. The Morgan fingerprint density at radius 2 is 1.95 bits per heavy atom. The molecular formula is C14H14FN3O. The average molecular weight is 259 g/mol. The Morgan fingerprint density at radius 3 is 2.68 bits per heavy atom. The van der Waals surface area contributed by atoms with Crippen molar-refractivity contribution < 1.29 is 9.18 Å². The highest BCUT2D eigenvalue weighted by Gasteiger charge is 2.02. The lowest BCUT2D eigenvalue weighted by atomic mass is 10.2. The summed E-state index contributed by atoms with van der Waals surface area (Å²) in [7, 11) is 0. The molecule has 4 nitrogen and oxygen atoms in total. The van der Waals surface area contributed by atoms with Crippen LogP contribution in [0, 0.1) is 5.82 Å². The summed E-state index contributed by atoms with van der Waals surface area (Å²) in [5, 5.41) is 5.28. The van der Waals surface area contributed by atoms with Gasteiger partial charge in [0.25, 0.3) is 0 Å². The molecule has 2 rings (SSSR count). The van der Waals surface area contributed by atoms with Gasteiger partial charge < -0.3 is 16.4 Å². The zero-order chi connectivity index (χ0) is 13.7. The number of hydrogen-bond acceptors (Lipinski definition) is 2. The highest BCUT2D eigenvalue weighted by Crippen LogP contribution is 2.11. The van der Waals surface area contributed by atoms with Crippen LogP contribution in [0.15, 0.2) is 48.5 Å². The highest BCUT2D eigenvalue weighted by molar-refractivity contribution is 5.89. The van der Waals surface area contributed by atoms with Gasteiger partial charge >= 0.3 is 6.03 Å². The molecule has 0 aliphatic rings. The first kappa shape index (κ1) is 12.9. The molecule has 98 valence electrons. The molecule has 2 aromatic rings. The fourth-order valence-corrected chi connectivity index (χ4v) is 1.62. The van der Waals surface area contributed by atoms with Crippen molar-refractivity contribution in [2.45, 2.75) is 6.54 Å². The maximum absolute atomic E-state index is 12.9. The fourth-order valence-electron chi connectivity index (χ4n) is 1.62. The van der Waals surface area contributed by atoms with Crippen molar-refractivity contribution in [3.8, 4) is 0 Å². The Morgan fingerprint density at radius 1 is 1.16 bits per heavy atom. The highest BCUT2D eigenvalue weighted by atomic mass is 19.1. The van der Waals surface area contributed by atoms with E-state index < -0.39 is 0 Å². The Kier molecular flexibility index (Phi) is 3.97. The number of amides is 2. The zero-order valence-electron chi connectivity index (χ0n) is 10.2. The summed E-state index contributed by atoms with van der Waals surface area (Å²) < 4.78 is 12.9. The Balaban J connectivity index is 1.88. The van der Waals surface area contributed by atoms with Crippen molar-refractivity contribution >= 4 is 17.4 Å².